The highest BCUT2D eigenvalue weighted by Crippen LogP contribution is 2.11. The summed E-state index contributed by atoms with van der Waals surface area (Å²) in [5.74, 6) is -0.0495. The molecule has 78 valence electrons. The van der Waals surface area contributed by atoms with Crippen LogP contribution in [0.15, 0.2) is 18.4 Å². The summed E-state index contributed by atoms with van der Waals surface area (Å²) in [5, 5.41) is 0. The number of carbonyl (C=O) groups is 1. The molecule has 1 fully saturated rings. The molecule has 0 aliphatic carbocycles. The lowest BCUT2D eigenvalue weighted by Gasteiger charge is -2.38. The smallest absolute Gasteiger partial charge is 0.254 e. The largest absolute Gasteiger partial charge is 0.382 e. The van der Waals surface area contributed by atoms with Crippen LogP contribution in [0.2, 0.25) is 0 Å². The first-order valence-electron chi connectivity index (χ1n) is 4.53. The Morgan fingerprint density at radius 2 is 2.36 bits per heavy atom. The maximum atomic E-state index is 11.2. The van der Waals surface area contributed by atoms with Crippen LogP contribution in [0.25, 0.3) is 0 Å². The Morgan fingerprint density at radius 1 is 1.64 bits per heavy atom. The van der Waals surface area contributed by atoms with Crippen molar-refractivity contribution in [2.45, 2.75) is 6.10 Å². The van der Waals surface area contributed by atoms with E-state index in [0.717, 1.165) is 0 Å². The van der Waals surface area contributed by atoms with Crippen molar-refractivity contribution in [3.8, 4) is 0 Å². The fourth-order valence-electron chi connectivity index (χ4n) is 1.20. The molecule has 0 N–H and O–H groups in total. The van der Waals surface area contributed by atoms with Gasteiger partial charge in [-0.25, -0.2) is 0 Å². The second-order valence-corrected chi connectivity index (χ2v) is 3.08. The Kier molecular flexibility index (Phi) is 4.40. The fraction of sp³-hybridized carbons (Fsp3) is 0.600. The van der Waals surface area contributed by atoms with Gasteiger partial charge in [-0.2, -0.15) is 0 Å². The van der Waals surface area contributed by atoms with Crippen LogP contribution in [0.3, 0.4) is 0 Å². The molecule has 4 nitrogen and oxygen atoms in total. The predicted octanol–water partition coefficient (Wildman–Crippen LogP) is 0.201. The van der Waals surface area contributed by atoms with Crippen molar-refractivity contribution >= 4 is 5.91 Å². The minimum absolute atomic E-state index is 0.0495. The minimum Gasteiger partial charge on any atom is -0.382 e. The molecule has 1 heterocycles. The van der Waals surface area contributed by atoms with E-state index in [0.29, 0.717) is 26.3 Å². The molecule has 4 heteroatoms. The maximum Gasteiger partial charge on any atom is 0.254 e. The van der Waals surface area contributed by atoms with Crippen molar-refractivity contribution in [3.05, 3.63) is 18.4 Å². The highest BCUT2D eigenvalue weighted by molar-refractivity contribution is 5.88. The van der Waals surface area contributed by atoms with Crippen molar-refractivity contribution in [2.75, 3.05) is 33.4 Å². The minimum atomic E-state index is -0.0495. The highest BCUT2D eigenvalue weighted by Gasteiger charge is 2.29. The van der Waals surface area contributed by atoms with Gasteiger partial charge in [-0.1, -0.05) is 6.58 Å². The number of likely N-dealkylation sites (tertiary alicyclic amines) is 1. The number of methoxy groups -OCH3 is 1. The Hall–Kier alpha value is -1.09. The van der Waals surface area contributed by atoms with Crippen LogP contribution in [0.1, 0.15) is 0 Å². The van der Waals surface area contributed by atoms with Gasteiger partial charge < -0.3 is 14.4 Å². The lowest BCUT2D eigenvalue weighted by atomic mass is 10.1. The predicted molar refractivity (Wildman–Crippen MR) is 51.9 cm³/mol. The van der Waals surface area contributed by atoms with E-state index in [1.54, 1.807) is 12.0 Å². The molecule has 1 amide bonds. The zero-order valence-electron chi connectivity index (χ0n) is 8.36. The van der Waals surface area contributed by atoms with Crippen molar-refractivity contribution in [3.63, 3.8) is 0 Å². The summed E-state index contributed by atoms with van der Waals surface area (Å²) in [6.07, 6.45) is 1.50. The molecule has 1 aliphatic heterocycles. The molecule has 14 heavy (non-hydrogen) atoms. The van der Waals surface area contributed by atoms with Gasteiger partial charge in [0.1, 0.15) is 0 Å². The standard InChI is InChI=1S/C10H15NO3/c1-3-4-10(12)11-7-9(8-11)14-6-5-13-2/h4,9H,1,5-8H2,2H3. The molecular weight excluding hydrogens is 182 g/mol. The van der Waals surface area contributed by atoms with Crippen LogP contribution in [-0.2, 0) is 14.3 Å². The number of carbonyl (C=O) groups excluding carboxylic acids is 1. The van der Waals surface area contributed by atoms with Crippen LogP contribution in [-0.4, -0.2) is 50.3 Å². The Labute approximate surface area is 83.8 Å². The van der Waals surface area contributed by atoms with E-state index in [2.05, 4.69) is 12.3 Å². The average Bonchev–Trinajstić information content (AvgIpc) is 2.09. The lowest BCUT2D eigenvalue weighted by molar-refractivity contribution is -0.140. The van der Waals surface area contributed by atoms with Gasteiger partial charge in [0.2, 0.25) is 0 Å². The number of nitrogens with zero attached hydrogens (tertiary/aromatic N) is 1. The fourth-order valence-corrected chi connectivity index (χ4v) is 1.20. The molecule has 0 aromatic carbocycles. The zero-order chi connectivity index (χ0) is 10.4. The van der Waals surface area contributed by atoms with E-state index in [9.17, 15) is 4.79 Å². The number of hydrogen-bond acceptors (Lipinski definition) is 3. The number of amides is 1. The summed E-state index contributed by atoms with van der Waals surface area (Å²) < 4.78 is 10.3. The van der Waals surface area contributed by atoms with Gasteiger partial charge in [0.25, 0.3) is 5.91 Å². The summed E-state index contributed by atoms with van der Waals surface area (Å²) in [4.78, 5) is 12.9. The average molecular weight is 197 g/mol. The topological polar surface area (TPSA) is 38.8 Å². The number of hydrogen-bond donors (Lipinski definition) is 0. The Morgan fingerprint density at radius 3 is 2.93 bits per heavy atom. The van der Waals surface area contributed by atoms with E-state index in [1.165, 1.54) is 6.08 Å². The van der Waals surface area contributed by atoms with E-state index in [4.69, 9.17) is 9.47 Å². The molecule has 0 saturated carbocycles. The summed E-state index contributed by atoms with van der Waals surface area (Å²) >= 11 is 0. The summed E-state index contributed by atoms with van der Waals surface area (Å²) in [7, 11) is 1.63. The third kappa shape index (κ3) is 3.00. The number of rotatable bonds is 5. The molecule has 1 aliphatic rings. The quantitative estimate of drug-likeness (QED) is 0.359. The highest BCUT2D eigenvalue weighted by atomic mass is 16.5. The van der Waals surface area contributed by atoms with Gasteiger partial charge >= 0.3 is 0 Å². The summed E-state index contributed by atoms with van der Waals surface area (Å²) in [6.45, 7) is 5.83. The molecular formula is C10H15NO3. The Balaban J connectivity index is 2.11. The molecule has 0 unspecified atom stereocenters. The van der Waals surface area contributed by atoms with Gasteiger partial charge in [0.15, 0.2) is 0 Å². The second-order valence-electron chi connectivity index (χ2n) is 3.08. The van der Waals surface area contributed by atoms with Gasteiger partial charge in [-0.05, 0) is 0 Å². The van der Waals surface area contributed by atoms with Crippen LogP contribution in [0.4, 0.5) is 0 Å². The van der Waals surface area contributed by atoms with Crippen LogP contribution < -0.4 is 0 Å². The van der Waals surface area contributed by atoms with Crippen molar-refractivity contribution in [1.82, 2.24) is 4.90 Å². The first-order chi connectivity index (χ1) is 6.77. The molecule has 0 bridgehead atoms. The van der Waals surface area contributed by atoms with Crippen molar-refractivity contribution in [1.29, 1.82) is 0 Å². The monoisotopic (exact) mass is 197 g/mol. The summed E-state index contributed by atoms with van der Waals surface area (Å²) in [6, 6.07) is 0. The normalized spacial score (nSPS) is 15.9. The van der Waals surface area contributed by atoms with Crippen molar-refractivity contribution < 1.29 is 14.3 Å². The van der Waals surface area contributed by atoms with Gasteiger partial charge in [0, 0.05) is 26.3 Å². The molecule has 0 radical (unpaired) electrons. The molecule has 0 aromatic heterocycles. The van der Waals surface area contributed by atoms with Crippen LogP contribution >= 0.6 is 0 Å². The van der Waals surface area contributed by atoms with Crippen LogP contribution in [0, 0.1) is 0 Å². The van der Waals surface area contributed by atoms with Gasteiger partial charge in [-0.3, -0.25) is 4.79 Å². The lowest BCUT2D eigenvalue weighted by Crippen LogP contribution is -2.54. The van der Waals surface area contributed by atoms with Gasteiger partial charge in [0.05, 0.1) is 19.3 Å². The van der Waals surface area contributed by atoms with E-state index >= 15 is 0 Å². The molecule has 0 spiro atoms. The third-order valence-corrected chi connectivity index (χ3v) is 2.03. The van der Waals surface area contributed by atoms with E-state index < -0.39 is 0 Å². The zero-order valence-corrected chi connectivity index (χ0v) is 8.36. The maximum absolute atomic E-state index is 11.2. The van der Waals surface area contributed by atoms with Gasteiger partial charge in [-0.15, -0.1) is 5.73 Å². The SMILES string of the molecule is C=C=CC(=O)N1CC(OCCOC)C1. The molecule has 1 saturated heterocycles. The van der Waals surface area contributed by atoms with E-state index in [1.807, 2.05) is 0 Å². The number of ether oxygens (including phenoxy) is 2. The Bertz CT molecular complexity index is 240. The van der Waals surface area contributed by atoms with E-state index in [-0.39, 0.29) is 12.0 Å². The van der Waals surface area contributed by atoms with Crippen molar-refractivity contribution in [2.24, 2.45) is 0 Å². The first kappa shape index (κ1) is 11.0. The van der Waals surface area contributed by atoms with Crippen LogP contribution in [0.5, 0.6) is 0 Å². The summed E-state index contributed by atoms with van der Waals surface area (Å²) in [5.41, 5.74) is 2.46. The molecule has 0 atom stereocenters. The molecule has 0 aromatic rings. The first-order valence-corrected chi connectivity index (χ1v) is 4.53. The third-order valence-electron chi connectivity index (χ3n) is 2.03. The second kappa shape index (κ2) is 5.60. The molecule has 1 rings (SSSR count).